The largest absolute Gasteiger partial charge is 0.480 e. The molecule has 1 N–H and O–H groups in total. The molecule has 1 unspecified atom stereocenters. The number of nitrogens with zero attached hydrogens (tertiary/aromatic N) is 1. The maximum Gasteiger partial charge on any atom is 0.411 e. The molecule has 0 radical (unpaired) electrons. The topological polar surface area (TPSA) is 66.8 Å². The van der Waals surface area contributed by atoms with E-state index in [1.807, 2.05) is 6.92 Å². The number of carbonyl (C=O) groups excluding carboxylic acids is 1. The average molecular weight is 243 g/mol. The van der Waals surface area contributed by atoms with Crippen LogP contribution in [0.5, 0.6) is 0 Å². The molecule has 0 heterocycles. The van der Waals surface area contributed by atoms with E-state index in [2.05, 4.69) is 6.58 Å². The Bertz CT molecular complexity index is 276. The van der Waals surface area contributed by atoms with Gasteiger partial charge in [-0.1, -0.05) is 26.0 Å². The summed E-state index contributed by atoms with van der Waals surface area (Å²) in [5.41, 5.74) is 0. The lowest BCUT2D eigenvalue weighted by Crippen LogP contribution is -2.49. The van der Waals surface area contributed by atoms with Crippen molar-refractivity contribution >= 4 is 12.1 Å². The fourth-order valence-electron chi connectivity index (χ4n) is 1.56. The zero-order valence-electron chi connectivity index (χ0n) is 10.7. The molecule has 0 aliphatic heterocycles. The summed E-state index contributed by atoms with van der Waals surface area (Å²) in [5, 5.41) is 9.13. The Hall–Kier alpha value is -1.52. The lowest BCUT2D eigenvalue weighted by molar-refractivity contribution is -0.143. The van der Waals surface area contributed by atoms with Crippen molar-refractivity contribution in [1.29, 1.82) is 0 Å². The fourth-order valence-corrected chi connectivity index (χ4v) is 1.56. The molecular weight excluding hydrogens is 222 g/mol. The second-order valence-electron chi connectivity index (χ2n) is 4.01. The van der Waals surface area contributed by atoms with Crippen LogP contribution in [0.2, 0.25) is 0 Å². The number of carbonyl (C=O) groups is 2. The first-order valence-electron chi connectivity index (χ1n) is 5.74. The van der Waals surface area contributed by atoms with Crippen LogP contribution in [-0.4, -0.2) is 40.8 Å². The molecular formula is C12H21NO4. The van der Waals surface area contributed by atoms with Crippen LogP contribution in [0.15, 0.2) is 12.7 Å². The van der Waals surface area contributed by atoms with Gasteiger partial charge in [-0.2, -0.15) is 0 Å². The molecule has 17 heavy (non-hydrogen) atoms. The summed E-state index contributed by atoms with van der Waals surface area (Å²) in [6.45, 7) is 8.93. The zero-order valence-corrected chi connectivity index (χ0v) is 10.7. The van der Waals surface area contributed by atoms with Crippen molar-refractivity contribution in [1.82, 2.24) is 4.90 Å². The lowest BCUT2D eigenvalue weighted by atomic mass is 10.1. The van der Waals surface area contributed by atoms with Gasteiger partial charge in [-0.15, -0.1) is 0 Å². The third-order valence-electron chi connectivity index (χ3n) is 2.27. The van der Waals surface area contributed by atoms with Gasteiger partial charge in [0.25, 0.3) is 0 Å². The molecule has 0 fully saturated rings. The van der Waals surface area contributed by atoms with E-state index in [1.54, 1.807) is 13.8 Å². The first-order valence-corrected chi connectivity index (χ1v) is 5.74. The number of rotatable bonds is 7. The Morgan fingerprint density at radius 1 is 1.47 bits per heavy atom. The molecule has 0 saturated heterocycles. The first-order chi connectivity index (χ1) is 7.95. The molecule has 0 rings (SSSR count). The van der Waals surface area contributed by atoms with Crippen LogP contribution in [-0.2, 0) is 9.53 Å². The fraction of sp³-hybridized carbons (Fsp3) is 0.667. The van der Waals surface area contributed by atoms with Crippen molar-refractivity contribution in [3.8, 4) is 0 Å². The van der Waals surface area contributed by atoms with Crippen LogP contribution in [0.3, 0.4) is 0 Å². The molecule has 0 aliphatic carbocycles. The van der Waals surface area contributed by atoms with Crippen molar-refractivity contribution < 1.29 is 19.4 Å². The van der Waals surface area contributed by atoms with E-state index in [-0.39, 0.29) is 12.6 Å². The summed E-state index contributed by atoms with van der Waals surface area (Å²) in [6.07, 6.45) is 1.94. The smallest absolute Gasteiger partial charge is 0.411 e. The molecule has 0 spiro atoms. The van der Waals surface area contributed by atoms with Gasteiger partial charge in [0, 0.05) is 6.04 Å². The van der Waals surface area contributed by atoms with E-state index in [0.29, 0.717) is 12.8 Å². The number of carboxylic acid groups (broad SMARTS) is 1. The number of amides is 1. The monoisotopic (exact) mass is 243 g/mol. The lowest BCUT2D eigenvalue weighted by Gasteiger charge is -2.31. The SMILES string of the molecule is C=CCOC(=O)N(C(C)C)C(CCC)C(=O)O. The molecule has 0 aromatic carbocycles. The molecule has 5 nitrogen and oxygen atoms in total. The van der Waals surface area contributed by atoms with Gasteiger partial charge in [0.2, 0.25) is 0 Å². The highest BCUT2D eigenvalue weighted by Crippen LogP contribution is 2.13. The van der Waals surface area contributed by atoms with Crippen LogP contribution < -0.4 is 0 Å². The number of hydrogen-bond donors (Lipinski definition) is 1. The molecule has 0 aliphatic rings. The molecule has 5 heteroatoms. The van der Waals surface area contributed by atoms with Crippen molar-refractivity contribution in [3.05, 3.63) is 12.7 Å². The highest BCUT2D eigenvalue weighted by molar-refractivity contribution is 5.80. The van der Waals surface area contributed by atoms with Crippen LogP contribution in [0.4, 0.5) is 4.79 Å². The second kappa shape index (κ2) is 7.70. The molecule has 0 saturated carbocycles. The number of hydrogen-bond acceptors (Lipinski definition) is 3. The summed E-state index contributed by atoms with van der Waals surface area (Å²) < 4.78 is 4.90. The van der Waals surface area contributed by atoms with Crippen molar-refractivity contribution in [2.45, 2.75) is 45.7 Å². The van der Waals surface area contributed by atoms with E-state index in [0.717, 1.165) is 0 Å². The van der Waals surface area contributed by atoms with Gasteiger partial charge >= 0.3 is 12.1 Å². The molecule has 1 amide bonds. The number of carboxylic acids is 1. The molecule has 0 aromatic rings. The van der Waals surface area contributed by atoms with E-state index < -0.39 is 18.1 Å². The Balaban J connectivity index is 4.84. The Labute approximate surface area is 102 Å². The minimum absolute atomic E-state index is 0.0838. The maximum atomic E-state index is 11.8. The third-order valence-corrected chi connectivity index (χ3v) is 2.27. The minimum Gasteiger partial charge on any atom is -0.480 e. The maximum absolute atomic E-state index is 11.8. The average Bonchev–Trinajstić information content (AvgIpc) is 2.24. The van der Waals surface area contributed by atoms with E-state index >= 15 is 0 Å². The highest BCUT2D eigenvalue weighted by Gasteiger charge is 2.31. The minimum atomic E-state index is -1.00. The molecule has 0 bridgehead atoms. The van der Waals surface area contributed by atoms with Gasteiger partial charge < -0.3 is 9.84 Å². The van der Waals surface area contributed by atoms with Crippen LogP contribution in [0.1, 0.15) is 33.6 Å². The van der Waals surface area contributed by atoms with Crippen molar-refractivity contribution in [2.24, 2.45) is 0 Å². The van der Waals surface area contributed by atoms with Gasteiger partial charge in [0.15, 0.2) is 0 Å². The third kappa shape index (κ3) is 4.89. The van der Waals surface area contributed by atoms with Gasteiger partial charge in [0.05, 0.1) is 0 Å². The number of ether oxygens (including phenoxy) is 1. The Morgan fingerprint density at radius 2 is 2.06 bits per heavy atom. The van der Waals surface area contributed by atoms with E-state index in [1.165, 1.54) is 11.0 Å². The van der Waals surface area contributed by atoms with Gasteiger partial charge in [-0.25, -0.2) is 9.59 Å². The quantitative estimate of drug-likeness (QED) is 0.696. The van der Waals surface area contributed by atoms with Crippen LogP contribution in [0.25, 0.3) is 0 Å². The van der Waals surface area contributed by atoms with Crippen molar-refractivity contribution in [3.63, 3.8) is 0 Å². The number of aliphatic carboxylic acids is 1. The zero-order chi connectivity index (χ0) is 13.4. The van der Waals surface area contributed by atoms with E-state index in [4.69, 9.17) is 9.84 Å². The first kappa shape index (κ1) is 15.5. The summed E-state index contributed by atoms with van der Waals surface area (Å²) >= 11 is 0. The predicted molar refractivity (Wildman–Crippen MR) is 64.9 cm³/mol. The second-order valence-corrected chi connectivity index (χ2v) is 4.01. The molecule has 98 valence electrons. The molecule has 1 atom stereocenters. The van der Waals surface area contributed by atoms with Crippen molar-refractivity contribution in [2.75, 3.05) is 6.61 Å². The van der Waals surface area contributed by atoms with Gasteiger partial charge in [-0.3, -0.25) is 4.90 Å². The predicted octanol–water partition coefficient (Wildman–Crippen LogP) is 2.27. The standard InChI is InChI=1S/C12H21NO4/c1-5-7-10(11(14)15)13(9(3)4)12(16)17-8-6-2/h6,9-10H,2,5,7-8H2,1,3-4H3,(H,14,15). The summed E-state index contributed by atoms with van der Waals surface area (Å²) in [4.78, 5) is 24.2. The van der Waals surface area contributed by atoms with E-state index in [9.17, 15) is 9.59 Å². The Kier molecular flexibility index (Phi) is 7.02. The normalized spacial score (nSPS) is 12.0. The molecule has 0 aromatic heterocycles. The summed E-state index contributed by atoms with van der Waals surface area (Å²) in [6, 6.07) is -1.06. The van der Waals surface area contributed by atoms with Crippen LogP contribution in [0, 0.1) is 0 Å². The van der Waals surface area contributed by atoms with Gasteiger partial charge in [-0.05, 0) is 20.3 Å². The highest BCUT2D eigenvalue weighted by atomic mass is 16.6. The summed E-state index contributed by atoms with van der Waals surface area (Å²) in [7, 11) is 0. The van der Waals surface area contributed by atoms with Gasteiger partial charge in [0.1, 0.15) is 12.6 Å². The summed E-state index contributed by atoms with van der Waals surface area (Å²) in [5.74, 6) is -1.00. The van der Waals surface area contributed by atoms with Crippen LogP contribution >= 0.6 is 0 Å². The Morgan fingerprint density at radius 3 is 2.41 bits per heavy atom.